The van der Waals surface area contributed by atoms with E-state index in [0.717, 1.165) is 0 Å². The van der Waals surface area contributed by atoms with Gasteiger partial charge in [-0.25, -0.2) is 4.52 Å². The minimum Gasteiger partial charge on any atom is -0.352 e. The second-order valence-corrected chi connectivity index (χ2v) is 3.48. The van der Waals surface area contributed by atoms with Crippen LogP contribution in [0.5, 0.6) is 0 Å². The molecule has 6 nitrogen and oxygen atoms in total. The molecule has 0 aromatic carbocycles. The second-order valence-electron chi connectivity index (χ2n) is 3.48. The lowest BCUT2D eigenvalue weighted by molar-refractivity contribution is 0.0955. The second kappa shape index (κ2) is 5.07. The third kappa shape index (κ3) is 2.39. The fraction of sp³-hybridized carbons (Fsp3) is 0.273. The van der Waals surface area contributed by atoms with Crippen molar-refractivity contribution in [1.82, 2.24) is 19.9 Å². The first-order valence-corrected chi connectivity index (χ1v) is 5.25. The number of hydrogen-bond donors (Lipinski definition) is 1. The van der Waals surface area contributed by atoms with Crippen LogP contribution in [0.2, 0.25) is 0 Å². The highest BCUT2D eigenvalue weighted by Gasteiger charge is 2.11. The van der Waals surface area contributed by atoms with Crippen molar-refractivity contribution >= 4 is 11.4 Å². The monoisotopic (exact) mass is 229 g/mol. The predicted molar refractivity (Wildman–Crippen MR) is 60.2 cm³/mol. The van der Waals surface area contributed by atoms with Gasteiger partial charge in [0, 0.05) is 25.4 Å². The van der Waals surface area contributed by atoms with Crippen molar-refractivity contribution in [2.75, 3.05) is 6.54 Å². The maximum Gasteiger partial charge on any atom is 0.255 e. The molecule has 86 valence electrons. The van der Waals surface area contributed by atoms with Crippen molar-refractivity contribution in [1.29, 1.82) is 5.26 Å². The third-order valence-corrected chi connectivity index (χ3v) is 2.32. The summed E-state index contributed by atoms with van der Waals surface area (Å²) in [6, 6.07) is 2.03. The van der Waals surface area contributed by atoms with Gasteiger partial charge < -0.3 is 5.32 Å². The first-order valence-electron chi connectivity index (χ1n) is 5.25. The zero-order valence-electron chi connectivity index (χ0n) is 9.13. The van der Waals surface area contributed by atoms with Gasteiger partial charge in [-0.15, -0.1) is 0 Å². The van der Waals surface area contributed by atoms with Crippen LogP contribution in [-0.4, -0.2) is 27.0 Å². The molecule has 1 amide bonds. The largest absolute Gasteiger partial charge is 0.352 e. The van der Waals surface area contributed by atoms with Gasteiger partial charge in [0.1, 0.15) is 0 Å². The highest BCUT2D eigenvalue weighted by Crippen LogP contribution is 2.07. The lowest BCUT2D eigenvalue weighted by Gasteiger charge is -2.01. The zero-order chi connectivity index (χ0) is 12.1. The molecular weight excluding hydrogens is 218 g/mol. The molecule has 0 atom stereocenters. The number of nitrogens with one attached hydrogen (secondary N) is 1. The molecule has 2 aromatic heterocycles. The van der Waals surface area contributed by atoms with Gasteiger partial charge in [-0.05, 0) is 6.42 Å². The first kappa shape index (κ1) is 11.1. The Balaban J connectivity index is 2.07. The van der Waals surface area contributed by atoms with Crippen LogP contribution in [0.4, 0.5) is 0 Å². The van der Waals surface area contributed by atoms with E-state index in [1.807, 2.05) is 6.07 Å². The summed E-state index contributed by atoms with van der Waals surface area (Å²) in [5.41, 5.74) is 1.17. The summed E-state index contributed by atoms with van der Waals surface area (Å²) in [6.45, 7) is 0.490. The number of amides is 1. The van der Waals surface area contributed by atoms with Crippen molar-refractivity contribution in [2.45, 2.75) is 12.8 Å². The molecule has 1 N–H and O–H groups in total. The molecule has 2 rings (SSSR count). The number of hydrogen-bond acceptors (Lipinski definition) is 4. The van der Waals surface area contributed by atoms with E-state index in [1.54, 1.807) is 23.1 Å². The standard InChI is InChI=1S/C11H11N5O/c12-3-1-2-4-14-11(17)9-7-15-16-6-5-13-8-10(9)16/h5-8H,1-2,4H2,(H,14,17). The maximum absolute atomic E-state index is 11.8. The highest BCUT2D eigenvalue weighted by atomic mass is 16.1. The number of nitrogens with zero attached hydrogens (tertiary/aromatic N) is 4. The normalized spacial score (nSPS) is 10.1. The van der Waals surface area contributed by atoms with Crippen LogP contribution < -0.4 is 5.32 Å². The smallest absolute Gasteiger partial charge is 0.255 e. The predicted octanol–water partition coefficient (Wildman–Crippen LogP) is 0.763. The Morgan fingerprint density at radius 3 is 3.24 bits per heavy atom. The van der Waals surface area contributed by atoms with Gasteiger partial charge in [-0.2, -0.15) is 10.4 Å². The summed E-state index contributed by atoms with van der Waals surface area (Å²) in [5, 5.41) is 15.2. The summed E-state index contributed by atoms with van der Waals surface area (Å²) in [5.74, 6) is -0.189. The Labute approximate surface area is 97.9 Å². The molecule has 2 heterocycles. The fourth-order valence-electron chi connectivity index (χ4n) is 1.47. The summed E-state index contributed by atoms with van der Waals surface area (Å²) < 4.78 is 1.59. The SMILES string of the molecule is N#CCCCNC(=O)c1cnn2ccncc12. The van der Waals surface area contributed by atoms with E-state index in [0.29, 0.717) is 30.5 Å². The summed E-state index contributed by atoms with van der Waals surface area (Å²) in [4.78, 5) is 15.8. The van der Waals surface area contributed by atoms with Gasteiger partial charge in [0.05, 0.1) is 29.5 Å². The van der Waals surface area contributed by atoms with Gasteiger partial charge in [-0.1, -0.05) is 0 Å². The number of carbonyl (C=O) groups excluding carboxylic acids is 1. The summed E-state index contributed by atoms with van der Waals surface area (Å²) >= 11 is 0. The number of aromatic nitrogens is 3. The third-order valence-electron chi connectivity index (χ3n) is 2.32. The molecule has 17 heavy (non-hydrogen) atoms. The van der Waals surface area contributed by atoms with Crippen molar-refractivity contribution < 1.29 is 4.79 Å². The molecule has 0 aliphatic carbocycles. The van der Waals surface area contributed by atoms with Crippen molar-refractivity contribution in [3.05, 3.63) is 30.4 Å². The minimum absolute atomic E-state index is 0.189. The average molecular weight is 229 g/mol. The van der Waals surface area contributed by atoms with Gasteiger partial charge >= 0.3 is 0 Å². The van der Waals surface area contributed by atoms with Crippen LogP contribution in [0, 0.1) is 11.3 Å². The van der Waals surface area contributed by atoms with Gasteiger partial charge in [0.25, 0.3) is 5.91 Å². The molecule has 2 aromatic rings. The highest BCUT2D eigenvalue weighted by molar-refractivity contribution is 6.00. The topological polar surface area (TPSA) is 83.1 Å². The van der Waals surface area contributed by atoms with Gasteiger partial charge in [-0.3, -0.25) is 9.78 Å². The van der Waals surface area contributed by atoms with E-state index in [2.05, 4.69) is 15.4 Å². The Morgan fingerprint density at radius 2 is 2.41 bits per heavy atom. The van der Waals surface area contributed by atoms with E-state index in [4.69, 9.17) is 5.26 Å². The summed E-state index contributed by atoms with van der Waals surface area (Å²) in [6.07, 6.45) is 7.49. The van der Waals surface area contributed by atoms with Crippen LogP contribution in [0.3, 0.4) is 0 Å². The van der Waals surface area contributed by atoms with E-state index in [1.165, 1.54) is 6.20 Å². The lowest BCUT2D eigenvalue weighted by atomic mass is 10.2. The van der Waals surface area contributed by atoms with Crippen molar-refractivity contribution in [2.24, 2.45) is 0 Å². The molecule has 0 saturated carbocycles. The molecule has 0 spiro atoms. The minimum atomic E-state index is -0.189. The van der Waals surface area contributed by atoms with Gasteiger partial charge in [0.2, 0.25) is 0 Å². The summed E-state index contributed by atoms with van der Waals surface area (Å²) in [7, 11) is 0. The Kier molecular flexibility index (Phi) is 3.31. The molecule has 0 unspecified atom stereocenters. The van der Waals surface area contributed by atoms with Crippen LogP contribution in [0.25, 0.3) is 5.52 Å². The molecular formula is C11H11N5O. The molecule has 0 saturated heterocycles. The fourth-order valence-corrected chi connectivity index (χ4v) is 1.47. The molecule has 0 aliphatic heterocycles. The van der Waals surface area contributed by atoms with E-state index >= 15 is 0 Å². The number of nitriles is 1. The van der Waals surface area contributed by atoms with Gasteiger partial charge in [0.15, 0.2) is 0 Å². The quantitative estimate of drug-likeness (QED) is 0.784. The number of unbranched alkanes of at least 4 members (excludes halogenated alkanes) is 1. The maximum atomic E-state index is 11.8. The Morgan fingerprint density at radius 1 is 1.53 bits per heavy atom. The number of carbonyl (C=O) groups is 1. The van der Waals surface area contributed by atoms with Crippen LogP contribution in [0.1, 0.15) is 23.2 Å². The van der Waals surface area contributed by atoms with Crippen molar-refractivity contribution in [3.8, 4) is 6.07 Å². The van der Waals surface area contributed by atoms with Crippen LogP contribution >= 0.6 is 0 Å². The molecule has 0 bridgehead atoms. The lowest BCUT2D eigenvalue weighted by Crippen LogP contribution is -2.24. The Bertz CT molecular complexity index is 568. The van der Waals surface area contributed by atoms with Crippen LogP contribution in [-0.2, 0) is 0 Å². The molecule has 0 aliphatic rings. The van der Waals surface area contributed by atoms with Crippen LogP contribution in [0.15, 0.2) is 24.8 Å². The number of fused-ring (bicyclic) bond motifs is 1. The van der Waals surface area contributed by atoms with Crippen molar-refractivity contribution in [3.63, 3.8) is 0 Å². The van der Waals surface area contributed by atoms with E-state index < -0.39 is 0 Å². The van der Waals surface area contributed by atoms with E-state index in [-0.39, 0.29) is 5.91 Å². The average Bonchev–Trinajstić information content (AvgIpc) is 2.78. The zero-order valence-corrected chi connectivity index (χ0v) is 9.13. The first-order chi connectivity index (χ1) is 8.33. The van der Waals surface area contributed by atoms with E-state index in [9.17, 15) is 4.79 Å². The molecule has 0 fully saturated rings. The Hall–Kier alpha value is -2.42. The molecule has 6 heteroatoms. The molecule has 0 radical (unpaired) electrons. The number of rotatable bonds is 4.